The van der Waals surface area contributed by atoms with Gasteiger partial charge in [-0.1, -0.05) is 0 Å². The van der Waals surface area contributed by atoms with Crippen LogP contribution in [-0.4, -0.2) is 16.1 Å². The van der Waals surface area contributed by atoms with Gasteiger partial charge in [0.1, 0.15) is 0 Å². The quantitative estimate of drug-likeness (QED) is 0.732. The van der Waals surface area contributed by atoms with Crippen LogP contribution in [0, 0.1) is 5.95 Å². The Labute approximate surface area is 70.0 Å². The summed E-state index contributed by atoms with van der Waals surface area (Å²) in [6.07, 6.45) is 0.960. The van der Waals surface area contributed by atoms with Gasteiger partial charge in [0.25, 0.3) is 0 Å². The topological polar surface area (TPSA) is 50.2 Å². The van der Waals surface area contributed by atoms with Gasteiger partial charge in [-0.05, 0) is 15.9 Å². The molecule has 5 heteroatoms. The van der Waals surface area contributed by atoms with E-state index in [1.54, 1.807) is 0 Å². The summed E-state index contributed by atoms with van der Waals surface area (Å²) in [5.74, 6) is -1.84. The first-order chi connectivity index (χ1) is 5.11. The van der Waals surface area contributed by atoms with E-state index in [0.29, 0.717) is 0 Å². The maximum atomic E-state index is 12.3. The molecule has 0 bridgehead atoms. The van der Waals surface area contributed by atoms with Crippen molar-refractivity contribution in [2.75, 3.05) is 0 Å². The van der Waals surface area contributed by atoms with Gasteiger partial charge < -0.3 is 5.11 Å². The number of halogens is 2. The molecule has 0 aliphatic carbocycles. The fraction of sp³-hybridized carbons (Fsp3) is 0. The summed E-state index contributed by atoms with van der Waals surface area (Å²) in [5.41, 5.74) is -0.0496. The molecule has 0 radical (unpaired) electrons. The summed E-state index contributed by atoms with van der Waals surface area (Å²) >= 11 is 2.89. The first-order valence-electron chi connectivity index (χ1n) is 2.65. The zero-order valence-electron chi connectivity index (χ0n) is 5.21. The lowest BCUT2D eigenvalue weighted by Gasteiger charge is -1.95. The molecule has 0 aliphatic rings. The van der Waals surface area contributed by atoms with Crippen LogP contribution in [0.2, 0.25) is 0 Å². The van der Waals surface area contributed by atoms with Crippen molar-refractivity contribution in [1.82, 2.24) is 4.98 Å². The van der Waals surface area contributed by atoms with Crippen LogP contribution in [0.3, 0.4) is 0 Å². The van der Waals surface area contributed by atoms with E-state index in [4.69, 9.17) is 5.11 Å². The Morgan fingerprint density at radius 3 is 2.82 bits per heavy atom. The molecule has 0 aliphatic heterocycles. The Bertz CT molecular complexity index is 303. The lowest BCUT2D eigenvalue weighted by atomic mass is 10.3. The third-order valence-electron chi connectivity index (χ3n) is 1.05. The van der Waals surface area contributed by atoms with E-state index >= 15 is 0 Å². The predicted octanol–water partition coefficient (Wildman–Crippen LogP) is 1.68. The van der Waals surface area contributed by atoms with E-state index < -0.39 is 11.9 Å². The molecule has 0 amide bonds. The number of hydrogen-bond acceptors (Lipinski definition) is 2. The van der Waals surface area contributed by atoms with Gasteiger partial charge in [-0.3, -0.25) is 0 Å². The minimum absolute atomic E-state index is 0.0496. The molecule has 0 spiro atoms. The van der Waals surface area contributed by atoms with E-state index in [1.165, 1.54) is 0 Å². The van der Waals surface area contributed by atoms with Crippen LogP contribution in [0.1, 0.15) is 10.4 Å². The molecule has 0 aromatic carbocycles. The number of rotatable bonds is 1. The number of carboxylic acid groups (broad SMARTS) is 1. The molecule has 1 rings (SSSR count). The van der Waals surface area contributed by atoms with Gasteiger partial charge in [0.05, 0.1) is 5.56 Å². The van der Waals surface area contributed by atoms with Crippen molar-refractivity contribution in [1.29, 1.82) is 0 Å². The predicted molar refractivity (Wildman–Crippen MR) is 38.9 cm³/mol. The van der Waals surface area contributed by atoms with Crippen molar-refractivity contribution >= 4 is 21.9 Å². The Hall–Kier alpha value is -0.970. The molecule has 0 saturated carbocycles. The number of nitrogens with zero attached hydrogens (tertiary/aromatic N) is 1. The van der Waals surface area contributed by atoms with Crippen molar-refractivity contribution < 1.29 is 14.3 Å². The third-order valence-corrected chi connectivity index (χ3v) is 1.71. The number of aromatic carboxylic acids is 1. The molecule has 1 aromatic rings. The van der Waals surface area contributed by atoms with Gasteiger partial charge in [0.2, 0.25) is 5.95 Å². The SMILES string of the molecule is O=C(O)c1cnc(F)cc1Br. The number of carboxylic acids is 1. The summed E-state index contributed by atoms with van der Waals surface area (Å²) in [5, 5.41) is 8.46. The average molecular weight is 220 g/mol. The second kappa shape index (κ2) is 2.96. The van der Waals surface area contributed by atoms with Crippen LogP contribution in [0.4, 0.5) is 4.39 Å². The van der Waals surface area contributed by atoms with Crippen LogP contribution in [-0.2, 0) is 0 Å². The monoisotopic (exact) mass is 219 g/mol. The largest absolute Gasteiger partial charge is 0.478 e. The van der Waals surface area contributed by atoms with Crippen LogP contribution in [0.5, 0.6) is 0 Å². The smallest absolute Gasteiger partial charge is 0.338 e. The summed E-state index contributed by atoms with van der Waals surface area (Å²) in [6, 6.07) is 1.00. The van der Waals surface area contributed by atoms with Gasteiger partial charge in [-0.15, -0.1) is 0 Å². The highest BCUT2D eigenvalue weighted by atomic mass is 79.9. The van der Waals surface area contributed by atoms with E-state index in [9.17, 15) is 9.18 Å². The van der Waals surface area contributed by atoms with E-state index in [-0.39, 0.29) is 10.0 Å². The summed E-state index contributed by atoms with van der Waals surface area (Å²) in [4.78, 5) is 13.5. The Morgan fingerprint density at radius 2 is 2.36 bits per heavy atom. The fourth-order valence-electron chi connectivity index (χ4n) is 0.565. The lowest BCUT2D eigenvalue weighted by molar-refractivity contribution is 0.0695. The second-order valence-corrected chi connectivity index (χ2v) is 2.65. The molecule has 58 valence electrons. The maximum absolute atomic E-state index is 12.3. The first-order valence-corrected chi connectivity index (χ1v) is 3.45. The Morgan fingerprint density at radius 1 is 1.73 bits per heavy atom. The third kappa shape index (κ3) is 1.74. The molecule has 0 saturated heterocycles. The molecule has 1 N–H and O–H groups in total. The van der Waals surface area contributed by atoms with Gasteiger partial charge in [-0.2, -0.15) is 4.39 Å². The molecular formula is C6H3BrFNO2. The van der Waals surface area contributed by atoms with Crippen molar-refractivity contribution in [2.45, 2.75) is 0 Å². The highest BCUT2D eigenvalue weighted by Crippen LogP contribution is 2.15. The van der Waals surface area contributed by atoms with Gasteiger partial charge in [0.15, 0.2) is 0 Å². The molecular weight excluding hydrogens is 217 g/mol. The molecule has 1 heterocycles. The first kappa shape index (κ1) is 8.13. The number of pyridine rings is 1. The summed E-state index contributed by atoms with van der Waals surface area (Å²) in [7, 11) is 0. The van der Waals surface area contributed by atoms with Crippen molar-refractivity contribution in [3.63, 3.8) is 0 Å². The summed E-state index contributed by atoms with van der Waals surface area (Å²) < 4.78 is 12.5. The molecule has 11 heavy (non-hydrogen) atoms. The minimum Gasteiger partial charge on any atom is -0.478 e. The average Bonchev–Trinajstić information content (AvgIpc) is 1.85. The van der Waals surface area contributed by atoms with Crippen molar-refractivity contribution in [3.8, 4) is 0 Å². The molecule has 0 atom stereocenters. The van der Waals surface area contributed by atoms with Crippen LogP contribution in [0.15, 0.2) is 16.7 Å². The highest BCUT2D eigenvalue weighted by Gasteiger charge is 2.08. The van der Waals surface area contributed by atoms with Crippen molar-refractivity contribution in [2.24, 2.45) is 0 Å². The number of hydrogen-bond donors (Lipinski definition) is 1. The zero-order valence-corrected chi connectivity index (χ0v) is 6.80. The fourth-order valence-corrected chi connectivity index (χ4v) is 1.03. The molecule has 0 unspecified atom stereocenters. The summed E-state index contributed by atoms with van der Waals surface area (Å²) in [6.45, 7) is 0. The van der Waals surface area contributed by atoms with Crippen LogP contribution < -0.4 is 0 Å². The van der Waals surface area contributed by atoms with Crippen molar-refractivity contribution in [3.05, 3.63) is 28.2 Å². The Balaban J connectivity index is 3.20. The standard InChI is InChI=1S/C6H3BrFNO2/c7-4-1-5(8)9-2-3(4)6(10)11/h1-2H,(H,10,11). The zero-order chi connectivity index (χ0) is 8.43. The van der Waals surface area contributed by atoms with Crippen LogP contribution in [0.25, 0.3) is 0 Å². The van der Waals surface area contributed by atoms with Gasteiger partial charge >= 0.3 is 5.97 Å². The highest BCUT2D eigenvalue weighted by molar-refractivity contribution is 9.10. The van der Waals surface area contributed by atoms with E-state index in [1.807, 2.05) is 0 Å². The van der Waals surface area contributed by atoms with E-state index in [0.717, 1.165) is 12.3 Å². The van der Waals surface area contributed by atoms with Gasteiger partial charge in [0, 0.05) is 16.7 Å². The normalized spacial score (nSPS) is 9.64. The second-order valence-electron chi connectivity index (χ2n) is 1.79. The molecule has 1 aromatic heterocycles. The Kier molecular flexibility index (Phi) is 2.19. The van der Waals surface area contributed by atoms with Gasteiger partial charge in [-0.25, -0.2) is 9.78 Å². The minimum atomic E-state index is -1.13. The van der Waals surface area contributed by atoms with Crippen LogP contribution >= 0.6 is 15.9 Å². The molecule has 0 fully saturated rings. The number of carbonyl (C=O) groups is 1. The lowest BCUT2D eigenvalue weighted by Crippen LogP contribution is -1.99. The number of aromatic nitrogens is 1. The molecule has 3 nitrogen and oxygen atoms in total. The maximum Gasteiger partial charge on any atom is 0.338 e. The van der Waals surface area contributed by atoms with E-state index in [2.05, 4.69) is 20.9 Å².